The van der Waals surface area contributed by atoms with E-state index in [0.717, 1.165) is 0 Å². The van der Waals surface area contributed by atoms with Crippen molar-refractivity contribution in [1.29, 1.82) is 0 Å². The van der Waals surface area contributed by atoms with E-state index >= 15 is 0 Å². The van der Waals surface area contributed by atoms with Crippen LogP contribution in [0.4, 0.5) is 10.3 Å². The monoisotopic (exact) mass is 382 g/mol. The number of hydrogen-bond donors (Lipinski definition) is 1. The minimum atomic E-state index is -0.722. The fourth-order valence-electron chi connectivity index (χ4n) is 2.61. The molecule has 2 aromatic carbocycles. The number of nitrogens with one attached hydrogen (secondary N) is 1. The zero-order valence-corrected chi connectivity index (χ0v) is 16.3. The van der Waals surface area contributed by atoms with Crippen molar-refractivity contribution in [2.75, 3.05) is 5.32 Å². The fourth-order valence-corrected chi connectivity index (χ4v) is 2.61. The summed E-state index contributed by atoms with van der Waals surface area (Å²) in [6.07, 6.45) is -0.722. The van der Waals surface area contributed by atoms with Gasteiger partial charge in [0, 0.05) is 11.6 Å². The van der Waals surface area contributed by atoms with Gasteiger partial charge in [-0.1, -0.05) is 38.1 Å². The maximum atomic E-state index is 13.0. The molecular formula is C22H23FN2O3. The van der Waals surface area contributed by atoms with Crippen LogP contribution in [0.15, 0.2) is 59.1 Å². The van der Waals surface area contributed by atoms with Crippen molar-refractivity contribution in [3.05, 3.63) is 66.0 Å². The summed E-state index contributed by atoms with van der Waals surface area (Å²) in [5.41, 5.74) is 2.43. The Morgan fingerprint density at radius 3 is 2.36 bits per heavy atom. The third-order valence-electron chi connectivity index (χ3n) is 4.30. The van der Waals surface area contributed by atoms with Crippen molar-refractivity contribution < 1.29 is 18.4 Å². The lowest BCUT2D eigenvalue weighted by Crippen LogP contribution is -2.30. The molecule has 0 radical (unpaired) electrons. The number of benzene rings is 2. The van der Waals surface area contributed by atoms with Crippen molar-refractivity contribution in [2.24, 2.45) is 0 Å². The Balaban J connectivity index is 1.61. The molecule has 1 heterocycles. The molecule has 0 spiro atoms. The van der Waals surface area contributed by atoms with Crippen LogP contribution in [-0.4, -0.2) is 17.2 Å². The molecule has 28 heavy (non-hydrogen) atoms. The highest BCUT2D eigenvalue weighted by Gasteiger charge is 2.18. The van der Waals surface area contributed by atoms with Gasteiger partial charge in [0.05, 0.1) is 0 Å². The van der Waals surface area contributed by atoms with Crippen LogP contribution in [-0.2, 0) is 10.2 Å². The second-order valence-electron chi connectivity index (χ2n) is 7.61. The van der Waals surface area contributed by atoms with Gasteiger partial charge in [-0.05, 0) is 54.3 Å². The number of hydrogen-bond acceptors (Lipinski definition) is 4. The molecule has 1 N–H and O–H groups in total. The number of rotatable bonds is 5. The highest BCUT2D eigenvalue weighted by Crippen LogP contribution is 2.25. The molecule has 1 atom stereocenters. The van der Waals surface area contributed by atoms with E-state index in [1.54, 1.807) is 25.1 Å². The molecule has 3 aromatic rings. The van der Waals surface area contributed by atoms with Gasteiger partial charge >= 0.3 is 0 Å². The summed E-state index contributed by atoms with van der Waals surface area (Å²) >= 11 is 0. The van der Waals surface area contributed by atoms with Crippen LogP contribution in [0.5, 0.6) is 5.75 Å². The number of carbonyl (C=O) groups excluding carboxylic acids is 1. The molecule has 146 valence electrons. The lowest BCUT2D eigenvalue weighted by atomic mass is 9.87. The summed E-state index contributed by atoms with van der Waals surface area (Å²) in [7, 11) is 0. The summed E-state index contributed by atoms with van der Waals surface area (Å²) in [5, 5.41) is 6.52. The van der Waals surface area contributed by atoms with E-state index in [1.807, 2.05) is 24.3 Å². The molecule has 0 saturated carbocycles. The van der Waals surface area contributed by atoms with Crippen LogP contribution >= 0.6 is 0 Å². The van der Waals surface area contributed by atoms with E-state index in [1.165, 1.54) is 17.7 Å². The molecule has 0 bridgehead atoms. The van der Waals surface area contributed by atoms with Crippen LogP contribution in [0.1, 0.15) is 33.3 Å². The maximum Gasteiger partial charge on any atom is 0.267 e. The second kappa shape index (κ2) is 7.84. The van der Waals surface area contributed by atoms with Crippen LogP contribution in [0, 0.1) is 5.82 Å². The number of nitrogens with zero attached hydrogens (tertiary/aromatic N) is 1. The van der Waals surface area contributed by atoms with Gasteiger partial charge in [-0.2, -0.15) is 0 Å². The molecule has 1 unspecified atom stereocenters. The maximum absolute atomic E-state index is 13.0. The predicted molar refractivity (Wildman–Crippen MR) is 106 cm³/mol. The Morgan fingerprint density at radius 2 is 1.75 bits per heavy atom. The molecule has 6 heteroatoms. The number of ether oxygens (including phenoxy) is 1. The Kier molecular flexibility index (Phi) is 5.49. The Bertz CT molecular complexity index is 941. The zero-order chi connectivity index (χ0) is 20.3. The first-order valence-electron chi connectivity index (χ1n) is 9.03. The lowest BCUT2D eigenvalue weighted by Gasteiger charge is -2.20. The largest absolute Gasteiger partial charge is 0.481 e. The zero-order valence-electron chi connectivity index (χ0n) is 16.3. The van der Waals surface area contributed by atoms with Gasteiger partial charge in [0.1, 0.15) is 17.3 Å². The molecule has 0 aliphatic carbocycles. The third-order valence-corrected chi connectivity index (χ3v) is 4.30. The Morgan fingerprint density at radius 1 is 1.11 bits per heavy atom. The van der Waals surface area contributed by atoms with E-state index in [2.05, 4.69) is 31.2 Å². The summed E-state index contributed by atoms with van der Waals surface area (Å²) in [6, 6.07) is 15.1. The summed E-state index contributed by atoms with van der Waals surface area (Å²) in [6.45, 7) is 8.06. The van der Waals surface area contributed by atoms with Crippen molar-refractivity contribution >= 4 is 11.8 Å². The van der Waals surface area contributed by atoms with Crippen LogP contribution in [0.25, 0.3) is 11.3 Å². The number of anilines is 1. The molecule has 0 saturated heterocycles. The summed E-state index contributed by atoms with van der Waals surface area (Å²) in [5.74, 6) is 0.118. The first kappa shape index (κ1) is 19.6. The van der Waals surface area contributed by atoms with Gasteiger partial charge in [0.2, 0.25) is 5.88 Å². The Labute approximate surface area is 163 Å². The number of amides is 1. The minimum Gasteiger partial charge on any atom is -0.481 e. The molecule has 1 amide bonds. The smallest absolute Gasteiger partial charge is 0.267 e. The van der Waals surface area contributed by atoms with Crippen molar-refractivity contribution in [3.8, 4) is 17.0 Å². The molecule has 3 rings (SSSR count). The summed E-state index contributed by atoms with van der Waals surface area (Å²) in [4.78, 5) is 12.4. The summed E-state index contributed by atoms with van der Waals surface area (Å²) < 4.78 is 23.9. The van der Waals surface area contributed by atoms with Gasteiger partial charge in [-0.15, -0.1) is 0 Å². The van der Waals surface area contributed by atoms with Gasteiger partial charge < -0.3 is 9.26 Å². The van der Waals surface area contributed by atoms with Gasteiger partial charge in [-0.25, -0.2) is 4.39 Å². The van der Waals surface area contributed by atoms with Crippen LogP contribution in [0.2, 0.25) is 0 Å². The highest BCUT2D eigenvalue weighted by molar-refractivity contribution is 5.93. The molecular weight excluding hydrogens is 359 g/mol. The number of aromatic nitrogens is 1. The molecule has 0 aliphatic heterocycles. The van der Waals surface area contributed by atoms with E-state index in [-0.39, 0.29) is 23.0 Å². The van der Waals surface area contributed by atoms with E-state index < -0.39 is 6.10 Å². The predicted octanol–water partition coefficient (Wildman–Crippen LogP) is 5.18. The van der Waals surface area contributed by atoms with E-state index in [9.17, 15) is 9.18 Å². The van der Waals surface area contributed by atoms with Crippen molar-refractivity contribution in [1.82, 2.24) is 5.16 Å². The topological polar surface area (TPSA) is 64.4 Å². The number of carbonyl (C=O) groups is 1. The average molecular weight is 382 g/mol. The average Bonchev–Trinajstić information content (AvgIpc) is 3.10. The normalized spacial score (nSPS) is 12.5. The number of halogens is 1. The van der Waals surface area contributed by atoms with E-state index in [4.69, 9.17) is 9.26 Å². The first-order chi connectivity index (χ1) is 13.2. The molecule has 5 nitrogen and oxygen atoms in total. The van der Waals surface area contributed by atoms with Crippen LogP contribution in [0.3, 0.4) is 0 Å². The van der Waals surface area contributed by atoms with Gasteiger partial charge in [0.15, 0.2) is 6.10 Å². The van der Waals surface area contributed by atoms with Crippen molar-refractivity contribution in [2.45, 2.75) is 39.2 Å². The van der Waals surface area contributed by atoms with E-state index in [0.29, 0.717) is 17.0 Å². The van der Waals surface area contributed by atoms with Crippen molar-refractivity contribution in [3.63, 3.8) is 0 Å². The molecule has 0 aliphatic rings. The second-order valence-corrected chi connectivity index (χ2v) is 7.61. The minimum absolute atomic E-state index is 0.0516. The quantitative estimate of drug-likeness (QED) is 0.660. The van der Waals surface area contributed by atoms with Gasteiger partial charge in [-0.3, -0.25) is 10.1 Å². The lowest BCUT2D eigenvalue weighted by molar-refractivity contribution is -0.122. The van der Waals surface area contributed by atoms with Gasteiger partial charge in [0.25, 0.3) is 5.91 Å². The van der Waals surface area contributed by atoms with Crippen LogP contribution < -0.4 is 10.1 Å². The Hall–Kier alpha value is -3.15. The SMILES string of the molecule is CC(Oc1ccc(C(C)(C)C)cc1)C(=O)Nc1cc(-c2ccc(F)cc2)no1. The standard InChI is InChI=1S/C22H23FN2O3/c1-14(27-18-11-7-16(8-12-18)22(2,3)4)21(26)24-20-13-19(25-28-20)15-5-9-17(23)10-6-15/h5-14H,1-4H3,(H,24,26). The third kappa shape index (κ3) is 4.76. The molecule has 0 fully saturated rings. The first-order valence-corrected chi connectivity index (χ1v) is 9.03. The molecule has 1 aromatic heterocycles. The fraction of sp³-hybridized carbons (Fsp3) is 0.273. The highest BCUT2D eigenvalue weighted by atomic mass is 19.1.